The molecule has 45 heavy (non-hydrogen) atoms. The Kier molecular flexibility index (Phi) is 12.9. The van der Waals surface area contributed by atoms with Gasteiger partial charge in [-0.2, -0.15) is 0 Å². The van der Waals surface area contributed by atoms with Crippen LogP contribution < -0.4 is 38.1 Å². The molecule has 3 aliphatic rings. The van der Waals surface area contributed by atoms with Crippen molar-refractivity contribution in [3.8, 4) is 0 Å². The predicted molar refractivity (Wildman–Crippen MR) is 160 cm³/mol. The molecule has 17 nitrogen and oxygen atoms in total. The maximum absolute atomic E-state index is 14.2. The van der Waals surface area contributed by atoms with E-state index in [1.165, 1.54) is 4.90 Å². The van der Waals surface area contributed by atoms with E-state index in [0.717, 1.165) is 6.42 Å². The van der Waals surface area contributed by atoms with Crippen LogP contribution in [0.25, 0.3) is 0 Å². The van der Waals surface area contributed by atoms with Crippen molar-refractivity contribution in [1.82, 2.24) is 31.5 Å². The van der Waals surface area contributed by atoms with Crippen LogP contribution in [0.15, 0.2) is 4.99 Å². The number of nitrogens with zero attached hydrogens (tertiary/aromatic N) is 2. The van der Waals surface area contributed by atoms with Gasteiger partial charge in [-0.1, -0.05) is 13.3 Å². The van der Waals surface area contributed by atoms with Crippen molar-refractivity contribution < 1.29 is 38.7 Å². The van der Waals surface area contributed by atoms with E-state index in [-0.39, 0.29) is 37.4 Å². The summed E-state index contributed by atoms with van der Waals surface area (Å²) in [6.45, 7) is 1.61. The van der Waals surface area contributed by atoms with Gasteiger partial charge in [-0.05, 0) is 44.9 Å². The average molecular weight is 636 g/mol. The summed E-state index contributed by atoms with van der Waals surface area (Å²) in [7, 11) is 0. The molecule has 0 spiro atoms. The van der Waals surface area contributed by atoms with Gasteiger partial charge in [0.1, 0.15) is 24.2 Å². The number of aliphatic carboxylic acids is 1. The lowest BCUT2D eigenvalue weighted by Gasteiger charge is -2.33. The standard InChI is InChI=1S/C28H45N9O8/c1-2-3-6-20(38)32-13-15-7-8-16-9-10-19-26(44)35-17(5-4-11-31-28(29)30)24(42)33-14-21(39)34-18(12-22(40)41)25(43)36-23(15)27(45)37(16)19/h15-19,23H,2-14H2,1H3,(H,32,38)(H,33,42)(H,34,39)(H,35,44)(H,36,43)(H,40,41)(H4,29,30,31)/t15-,16+,17-,18-,19-,23+/m0/s1. The topological polar surface area (TPSA) is 268 Å². The molecule has 6 amide bonds. The zero-order chi connectivity index (χ0) is 33.1. The number of carboxylic acid groups (broad SMARTS) is 1. The summed E-state index contributed by atoms with van der Waals surface area (Å²) in [6, 6.07) is -5.13. The van der Waals surface area contributed by atoms with E-state index >= 15 is 0 Å². The highest BCUT2D eigenvalue weighted by Crippen LogP contribution is 2.34. The van der Waals surface area contributed by atoms with E-state index in [1.807, 2.05) is 6.92 Å². The molecule has 0 unspecified atom stereocenters. The second-order valence-electron chi connectivity index (χ2n) is 11.7. The maximum atomic E-state index is 14.2. The number of unbranched alkanes of at least 4 members (excludes halogenated alkanes) is 1. The summed E-state index contributed by atoms with van der Waals surface area (Å²) in [5.41, 5.74) is 10.7. The summed E-state index contributed by atoms with van der Waals surface area (Å²) in [5, 5.41) is 22.4. The first-order valence-electron chi connectivity index (χ1n) is 15.4. The molecular formula is C28H45N9O8. The Morgan fingerprint density at radius 3 is 2.38 bits per heavy atom. The second kappa shape index (κ2) is 16.6. The predicted octanol–water partition coefficient (Wildman–Crippen LogP) is -2.83. The third-order valence-electron chi connectivity index (χ3n) is 8.32. The Hall–Kier alpha value is -4.44. The number of carboxylic acids is 1. The van der Waals surface area contributed by atoms with E-state index < -0.39 is 78.6 Å². The fourth-order valence-corrected chi connectivity index (χ4v) is 5.98. The van der Waals surface area contributed by atoms with E-state index in [1.54, 1.807) is 0 Å². The van der Waals surface area contributed by atoms with Crippen molar-refractivity contribution in [3.63, 3.8) is 0 Å². The number of amides is 6. The van der Waals surface area contributed by atoms with Gasteiger partial charge in [0.15, 0.2) is 5.96 Å². The fourth-order valence-electron chi connectivity index (χ4n) is 5.98. The number of aliphatic imine (C=N–C) groups is 1. The first-order chi connectivity index (χ1) is 21.4. The van der Waals surface area contributed by atoms with Crippen LogP contribution in [-0.2, 0) is 33.6 Å². The van der Waals surface area contributed by atoms with Gasteiger partial charge in [-0.25, -0.2) is 0 Å². The third-order valence-corrected chi connectivity index (χ3v) is 8.32. The number of hydrogen-bond donors (Lipinski definition) is 8. The zero-order valence-electron chi connectivity index (χ0n) is 25.5. The lowest BCUT2D eigenvalue weighted by Crippen LogP contribution is -2.60. The summed E-state index contributed by atoms with van der Waals surface area (Å²) in [4.78, 5) is 96.4. The highest BCUT2D eigenvalue weighted by Gasteiger charge is 2.48. The van der Waals surface area contributed by atoms with Crippen LogP contribution in [0.3, 0.4) is 0 Å². The van der Waals surface area contributed by atoms with Crippen LogP contribution in [0.4, 0.5) is 0 Å². The molecule has 0 aliphatic carbocycles. The Labute approximate surface area is 261 Å². The fraction of sp³-hybridized carbons (Fsp3) is 0.714. The molecule has 6 atom stereocenters. The number of fused-ring (bicyclic) bond motifs is 1. The van der Waals surface area contributed by atoms with Gasteiger partial charge in [0.05, 0.1) is 13.0 Å². The molecule has 0 aromatic rings. The lowest BCUT2D eigenvalue weighted by molar-refractivity contribution is -0.145. The van der Waals surface area contributed by atoms with E-state index in [0.29, 0.717) is 44.9 Å². The summed E-state index contributed by atoms with van der Waals surface area (Å²) >= 11 is 0. The minimum absolute atomic E-state index is 0.0723. The van der Waals surface area contributed by atoms with Crippen LogP contribution in [0.1, 0.15) is 71.1 Å². The Bertz CT molecular complexity index is 1170. The van der Waals surface area contributed by atoms with Crippen molar-refractivity contribution in [1.29, 1.82) is 0 Å². The molecule has 3 rings (SSSR count). The number of guanidine groups is 1. The molecule has 3 aliphatic heterocycles. The van der Waals surface area contributed by atoms with Crippen molar-refractivity contribution in [2.75, 3.05) is 19.6 Å². The van der Waals surface area contributed by atoms with Gasteiger partial charge in [-0.3, -0.25) is 38.6 Å². The quantitative estimate of drug-likeness (QED) is 0.0655. The zero-order valence-corrected chi connectivity index (χ0v) is 25.5. The second-order valence-corrected chi connectivity index (χ2v) is 11.7. The highest BCUT2D eigenvalue weighted by atomic mass is 16.4. The Balaban J connectivity index is 1.95. The molecule has 3 heterocycles. The SMILES string of the molecule is CCCCC(=O)NC[C@@H]1CC[C@@H]2CC[C@H]3C(=O)N[C@@H](CCCN=C(N)N)C(=O)NCC(=O)N[C@@H](CC(=O)O)C(=O)N[C@H]1C(=O)N23. The number of carbonyl (C=O) groups excluding carboxylic acids is 6. The summed E-state index contributed by atoms with van der Waals surface area (Å²) in [6.07, 6.45) is 3.21. The van der Waals surface area contributed by atoms with Crippen molar-refractivity contribution in [3.05, 3.63) is 0 Å². The molecule has 0 saturated carbocycles. The molecule has 3 fully saturated rings. The number of carbonyl (C=O) groups is 7. The lowest BCUT2D eigenvalue weighted by atomic mass is 9.92. The van der Waals surface area contributed by atoms with Crippen molar-refractivity contribution in [2.45, 2.75) is 101 Å². The molecule has 250 valence electrons. The first kappa shape index (κ1) is 35.0. The average Bonchev–Trinajstić information content (AvgIpc) is 3.36. The number of nitrogens with two attached hydrogens (primary N) is 2. The van der Waals surface area contributed by atoms with Crippen LogP contribution in [0, 0.1) is 5.92 Å². The van der Waals surface area contributed by atoms with E-state index in [2.05, 4.69) is 31.6 Å². The molecule has 10 N–H and O–H groups in total. The van der Waals surface area contributed by atoms with E-state index in [9.17, 15) is 38.7 Å². The summed E-state index contributed by atoms with van der Waals surface area (Å²) < 4.78 is 0. The Morgan fingerprint density at radius 1 is 0.956 bits per heavy atom. The molecule has 2 bridgehead atoms. The van der Waals surface area contributed by atoms with Gasteiger partial charge < -0.3 is 48.1 Å². The third kappa shape index (κ3) is 10.0. The van der Waals surface area contributed by atoms with Crippen molar-refractivity contribution in [2.24, 2.45) is 22.4 Å². The maximum Gasteiger partial charge on any atom is 0.305 e. The first-order valence-corrected chi connectivity index (χ1v) is 15.4. The molecule has 0 radical (unpaired) electrons. The monoisotopic (exact) mass is 635 g/mol. The smallest absolute Gasteiger partial charge is 0.305 e. The van der Waals surface area contributed by atoms with Gasteiger partial charge in [0.25, 0.3) is 0 Å². The highest BCUT2D eigenvalue weighted by molar-refractivity contribution is 5.98. The van der Waals surface area contributed by atoms with Gasteiger partial charge in [-0.15, -0.1) is 0 Å². The van der Waals surface area contributed by atoms with Gasteiger partial charge in [0, 0.05) is 31.5 Å². The van der Waals surface area contributed by atoms with Crippen molar-refractivity contribution >= 4 is 47.4 Å². The molecule has 17 heteroatoms. The van der Waals surface area contributed by atoms with E-state index in [4.69, 9.17) is 11.5 Å². The van der Waals surface area contributed by atoms with Crippen LogP contribution in [0.5, 0.6) is 0 Å². The number of rotatable bonds is 11. The van der Waals surface area contributed by atoms with Crippen LogP contribution >= 0.6 is 0 Å². The molecule has 3 saturated heterocycles. The molecule has 0 aromatic heterocycles. The molecule has 0 aromatic carbocycles. The number of nitrogens with one attached hydrogen (secondary N) is 5. The van der Waals surface area contributed by atoms with Crippen LogP contribution in [0.2, 0.25) is 0 Å². The van der Waals surface area contributed by atoms with Gasteiger partial charge in [0.2, 0.25) is 35.4 Å². The normalized spacial score (nSPS) is 27.5. The molecular weight excluding hydrogens is 590 g/mol. The van der Waals surface area contributed by atoms with Gasteiger partial charge >= 0.3 is 5.97 Å². The summed E-state index contributed by atoms with van der Waals surface area (Å²) in [5.74, 6) is -5.84. The minimum Gasteiger partial charge on any atom is -0.481 e. The minimum atomic E-state index is -1.56. The van der Waals surface area contributed by atoms with Crippen LogP contribution in [-0.4, -0.2) is 107 Å². The largest absolute Gasteiger partial charge is 0.481 e. The number of hydrogen-bond acceptors (Lipinski definition) is 8. The Morgan fingerprint density at radius 2 is 1.69 bits per heavy atom.